The number of anilines is 1. The number of hydrogen-bond donors (Lipinski definition) is 1. The molecule has 0 aliphatic carbocycles. The monoisotopic (exact) mass is 546 g/mol. The highest BCUT2D eigenvalue weighted by atomic mass is 32.1. The van der Waals surface area contributed by atoms with Crippen LogP contribution in [0.2, 0.25) is 0 Å². The molecule has 0 bridgehead atoms. The Morgan fingerprint density at radius 3 is 2.27 bits per heavy atom. The summed E-state index contributed by atoms with van der Waals surface area (Å²) in [4.78, 5) is 6.87. The SMILES string of the molecule is CCOc1ccc(-n2cccc2[C@H]2[C@H](c3ccccn3)NC(=S)N2c2ccc(Oc3ccccc3C)cc2)cc1. The molecule has 1 fully saturated rings. The topological polar surface area (TPSA) is 51.5 Å². The first-order valence-electron chi connectivity index (χ1n) is 13.4. The fourth-order valence-corrected chi connectivity index (χ4v) is 5.49. The molecule has 2 aromatic heterocycles. The van der Waals surface area contributed by atoms with Crippen molar-refractivity contribution in [2.75, 3.05) is 11.5 Å². The Morgan fingerprint density at radius 1 is 0.825 bits per heavy atom. The fraction of sp³-hybridized carbons (Fsp3) is 0.152. The summed E-state index contributed by atoms with van der Waals surface area (Å²) in [5.41, 5.74) is 5.12. The maximum atomic E-state index is 6.16. The van der Waals surface area contributed by atoms with Crippen molar-refractivity contribution < 1.29 is 9.47 Å². The maximum absolute atomic E-state index is 6.16. The van der Waals surface area contributed by atoms with Crippen molar-refractivity contribution in [2.24, 2.45) is 0 Å². The zero-order valence-electron chi connectivity index (χ0n) is 22.4. The number of hydrogen-bond acceptors (Lipinski definition) is 4. The van der Waals surface area contributed by atoms with Gasteiger partial charge in [0.25, 0.3) is 0 Å². The summed E-state index contributed by atoms with van der Waals surface area (Å²) in [5.74, 6) is 2.46. The van der Waals surface area contributed by atoms with Gasteiger partial charge in [0.15, 0.2) is 5.11 Å². The summed E-state index contributed by atoms with van der Waals surface area (Å²) in [5, 5.41) is 4.20. The Bertz CT molecular complexity index is 1600. The van der Waals surface area contributed by atoms with Crippen LogP contribution in [0.25, 0.3) is 5.69 Å². The molecule has 3 aromatic carbocycles. The van der Waals surface area contributed by atoms with Crippen LogP contribution in [0.3, 0.4) is 0 Å². The Hall–Kier alpha value is -4.62. The molecule has 0 unspecified atom stereocenters. The summed E-state index contributed by atoms with van der Waals surface area (Å²) in [7, 11) is 0. The van der Waals surface area contributed by atoms with E-state index in [0.29, 0.717) is 11.7 Å². The van der Waals surface area contributed by atoms with Gasteiger partial charge in [0.05, 0.1) is 18.3 Å². The Kier molecular flexibility index (Phi) is 7.21. The summed E-state index contributed by atoms with van der Waals surface area (Å²) in [6, 6.07) is 34.2. The molecule has 1 aliphatic rings. The molecule has 0 saturated carbocycles. The van der Waals surface area contributed by atoms with Crippen LogP contribution in [0.4, 0.5) is 5.69 Å². The minimum Gasteiger partial charge on any atom is -0.494 e. The largest absolute Gasteiger partial charge is 0.494 e. The Balaban J connectivity index is 1.38. The van der Waals surface area contributed by atoms with Crippen LogP contribution in [0.1, 0.15) is 36.0 Å². The van der Waals surface area contributed by atoms with Crippen LogP contribution in [-0.4, -0.2) is 21.3 Å². The summed E-state index contributed by atoms with van der Waals surface area (Å²) in [6.45, 7) is 4.66. The van der Waals surface area contributed by atoms with Gasteiger partial charge in [-0.2, -0.15) is 0 Å². The van der Waals surface area contributed by atoms with Crippen molar-refractivity contribution in [1.82, 2.24) is 14.9 Å². The molecule has 1 N–H and O–H groups in total. The lowest BCUT2D eigenvalue weighted by atomic mass is 10.0. The van der Waals surface area contributed by atoms with Gasteiger partial charge in [0.1, 0.15) is 23.3 Å². The molecule has 0 amide bonds. The molecule has 6 nitrogen and oxygen atoms in total. The first-order chi connectivity index (χ1) is 19.6. The van der Waals surface area contributed by atoms with E-state index in [1.807, 2.05) is 86.8 Å². The van der Waals surface area contributed by atoms with Crippen LogP contribution >= 0.6 is 12.2 Å². The Morgan fingerprint density at radius 2 is 1.55 bits per heavy atom. The number of rotatable bonds is 8. The van der Waals surface area contributed by atoms with Gasteiger partial charge in [0, 0.05) is 29.5 Å². The standard InChI is InChI=1S/C33H30N4O2S/c1-3-38-26-17-13-24(14-18-26)36-22-8-11-29(36)32-31(28-10-6-7-21-34-28)35-33(40)37(32)25-15-19-27(20-16-25)39-30-12-5-4-9-23(30)2/h4-22,31-32H,3H2,1-2H3,(H,35,40)/t31-,32-/m0/s1. The number of nitrogens with one attached hydrogen (secondary N) is 1. The highest BCUT2D eigenvalue weighted by Gasteiger charge is 2.42. The average Bonchev–Trinajstić information content (AvgIpc) is 3.60. The van der Waals surface area contributed by atoms with Crippen molar-refractivity contribution in [1.29, 1.82) is 0 Å². The third-order valence-corrected chi connectivity index (χ3v) is 7.36. The lowest BCUT2D eigenvalue weighted by Gasteiger charge is -2.29. The second-order valence-corrected chi connectivity index (χ2v) is 9.97. The molecule has 5 aromatic rings. The highest BCUT2D eigenvalue weighted by Crippen LogP contribution is 2.42. The van der Waals surface area contributed by atoms with E-state index in [0.717, 1.165) is 45.6 Å². The van der Waals surface area contributed by atoms with E-state index in [1.54, 1.807) is 0 Å². The summed E-state index contributed by atoms with van der Waals surface area (Å²) < 4.78 is 14.0. The van der Waals surface area contributed by atoms with Crippen LogP contribution in [0.15, 0.2) is 116 Å². The number of aromatic nitrogens is 2. The van der Waals surface area contributed by atoms with Crippen LogP contribution in [-0.2, 0) is 0 Å². The number of pyridine rings is 1. The van der Waals surface area contributed by atoms with E-state index in [1.165, 1.54) is 0 Å². The number of para-hydroxylation sites is 1. The third-order valence-electron chi connectivity index (χ3n) is 7.04. The van der Waals surface area contributed by atoms with E-state index in [-0.39, 0.29) is 12.1 Å². The van der Waals surface area contributed by atoms with Gasteiger partial charge >= 0.3 is 0 Å². The van der Waals surface area contributed by atoms with Crippen molar-refractivity contribution in [2.45, 2.75) is 25.9 Å². The molecular formula is C33H30N4O2S. The number of ether oxygens (including phenoxy) is 2. The highest BCUT2D eigenvalue weighted by molar-refractivity contribution is 7.80. The number of nitrogens with zero attached hydrogens (tertiary/aromatic N) is 3. The van der Waals surface area contributed by atoms with Crippen LogP contribution < -0.4 is 19.7 Å². The molecule has 7 heteroatoms. The van der Waals surface area contributed by atoms with Crippen LogP contribution in [0.5, 0.6) is 17.2 Å². The second kappa shape index (κ2) is 11.2. The first-order valence-corrected chi connectivity index (χ1v) is 13.8. The molecule has 1 saturated heterocycles. The molecule has 0 radical (unpaired) electrons. The van der Waals surface area contributed by atoms with E-state index in [4.69, 9.17) is 26.7 Å². The smallest absolute Gasteiger partial charge is 0.174 e. The predicted molar refractivity (Wildman–Crippen MR) is 163 cm³/mol. The van der Waals surface area contributed by atoms with Gasteiger partial charge in [-0.15, -0.1) is 0 Å². The summed E-state index contributed by atoms with van der Waals surface area (Å²) in [6.07, 6.45) is 3.90. The second-order valence-electron chi connectivity index (χ2n) is 9.59. The lowest BCUT2D eigenvalue weighted by molar-refractivity contribution is 0.340. The molecule has 3 heterocycles. The normalized spacial score (nSPS) is 16.6. The van der Waals surface area contributed by atoms with Gasteiger partial charge < -0.3 is 24.3 Å². The zero-order chi connectivity index (χ0) is 27.5. The van der Waals surface area contributed by atoms with Gasteiger partial charge in [0.2, 0.25) is 0 Å². The van der Waals surface area contributed by atoms with Crippen molar-refractivity contribution in [3.8, 4) is 22.9 Å². The van der Waals surface area contributed by atoms with Gasteiger partial charge in [-0.25, -0.2) is 0 Å². The zero-order valence-corrected chi connectivity index (χ0v) is 23.2. The molecule has 40 heavy (non-hydrogen) atoms. The minimum absolute atomic E-state index is 0.145. The van der Waals surface area contributed by atoms with E-state index >= 15 is 0 Å². The van der Waals surface area contributed by atoms with Gasteiger partial charge in [-0.3, -0.25) is 4.98 Å². The quantitative estimate of drug-likeness (QED) is 0.203. The van der Waals surface area contributed by atoms with Gasteiger partial charge in [-0.1, -0.05) is 24.3 Å². The lowest BCUT2D eigenvalue weighted by Crippen LogP contribution is -2.30. The number of benzene rings is 3. The Labute approximate surface area is 239 Å². The predicted octanol–water partition coefficient (Wildman–Crippen LogP) is 7.55. The summed E-state index contributed by atoms with van der Waals surface area (Å²) >= 11 is 5.94. The molecule has 1 aliphatic heterocycles. The number of thiocarbonyl (C=S) groups is 1. The molecule has 0 spiro atoms. The van der Waals surface area contributed by atoms with E-state index in [2.05, 4.69) is 57.4 Å². The van der Waals surface area contributed by atoms with Crippen molar-refractivity contribution >= 4 is 23.0 Å². The van der Waals surface area contributed by atoms with Crippen LogP contribution in [0, 0.1) is 6.92 Å². The average molecular weight is 547 g/mol. The number of aryl methyl sites for hydroxylation is 1. The van der Waals surface area contributed by atoms with Crippen molar-refractivity contribution in [3.05, 3.63) is 132 Å². The van der Waals surface area contributed by atoms with E-state index < -0.39 is 0 Å². The molecular weight excluding hydrogens is 516 g/mol. The van der Waals surface area contributed by atoms with Crippen molar-refractivity contribution in [3.63, 3.8) is 0 Å². The minimum atomic E-state index is -0.146. The van der Waals surface area contributed by atoms with E-state index in [9.17, 15) is 0 Å². The molecule has 2 atom stereocenters. The maximum Gasteiger partial charge on any atom is 0.174 e. The molecule has 200 valence electrons. The third kappa shape index (κ3) is 5.03. The molecule has 6 rings (SSSR count). The first kappa shape index (κ1) is 25.6. The fourth-order valence-electron chi connectivity index (χ4n) is 5.15. The van der Waals surface area contributed by atoms with Gasteiger partial charge in [-0.05, 0) is 110 Å².